The number of nitrogens with one attached hydrogen (secondary N) is 1. The van der Waals surface area contributed by atoms with Gasteiger partial charge in [0.05, 0.1) is 6.54 Å². The standard InChI is InChI=1S/C8H13N5/c9-8(10)13-6-5-12-7-3-1-2-4-11-7/h1-4H,5-6H2,(H,11,12)(H4,9,10,13). The molecule has 0 aliphatic carbocycles. The third kappa shape index (κ3) is 3.95. The number of hydrogen-bond donors (Lipinski definition) is 3. The van der Waals surface area contributed by atoms with Crippen LogP contribution < -0.4 is 16.8 Å². The van der Waals surface area contributed by atoms with Gasteiger partial charge in [-0.3, -0.25) is 4.99 Å². The second kappa shape index (κ2) is 4.97. The maximum Gasteiger partial charge on any atom is 0.185 e. The lowest BCUT2D eigenvalue weighted by molar-refractivity contribution is 1.00. The van der Waals surface area contributed by atoms with Crippen molar-refractivity contribution in [1.82, 2.24) is 4.98 Å². The summed E-state index contributed by atoms with van der Waals surface area (Å²) in [6.45, 7) is 1.23. The number of anilines is 1. The second-order valence-electron chi connectivity index (χ2n) is 2.45. The van der Waals surface area contributed by atoms with Gasteiger partial charge in [-0.05, 0) is 12.1 Å². The second-order valence-corrected chi connectivity index (χ2v) is 2.45. The maximum absolute atomic E-state index is 5.16. The molecule has 0 fully saturated rings. The van der Waals surface area contributed by atoms with Gasteiger partial charge >= 0.3 is 0 Å². The monoisotopic (exact) mass is 179 g/mol. The van der Waals surface area contributed by atoms with Crippen LogP contribution in [0, 0.1) is 0 Å². The van der Waals surface area contributed by atoms with Crippen LogP contribution in [0.25, 0.3) is 0 Å². The summed E-state index contributed by atoms with van der Waals surface area (Å²) in [6, 6.07) is 5.66. The molecule has 0 aromatic carbocycles. The Hall–Kier alpha value is -1.78. The minimum absolute atomic E-state index is 0.114. The largest absolute Gasteiger partial charge is 0.370 e. The van der Waals surface area contributed by atoms with Crippen molar-refractivity contribution >= 4 is 11.8 Å². The van der Waals surface area contributed by atoms with E-state index in [0.717, 1.165) is 5.82 Å². The molecule has 1 aromatic heterocycles. The minimum atomic E-state index is 0.114. The normalized spacial score (nSPS) is 9.23. The van der Waals surface area contributed by atoms with E-state index < -0.39 is 0 Å². The first-order chi connectivity index (χ1) is 6.29. The van der Waals surface area contributed by atoms with Crippen LogP contribution in [0.3, 0.4) is 0 Å². The highest BCUT2D eigenvalue weighted by Crippen LogP contribution is 1.97. The quantitative estimate of drug-likeness (QED) is 0.338. The molecule has 0 unspecified atom stereocenters. The topological polar surface area (TPSA) is 89.3 Å². The zero-order valence-corrected chi connectivity index (χ0v) is 7.27. The molecule has 0 amide bonds. The van der Waals surface area contributed by atoms with Crippen LogP contribution in [0.1, 0.15) is 0 Å². The average Bonchev–Trinajstić information content (AvgIpc) is 2.14. The van der Waals surface area contributed by atoms with Gasteiger partial charge in [0.2, 0.25) is 0 Å². The average molecular weight is 179 g/mol. The molecular formula is C8H13N5. The van der Waals surface area contributed by atoms with Crippen molar-refractivity contribution in [2.45, 2.75) is 0 Å². The number of rotatable bonds is 4. The number of aliphatic imine (C=N–C) groups is 1. The SMILES string of the molecule is NC(N)=NCCNc1ccccn1. The number of nitrogens with two attached hydrogens (primary N) is 2. The molecular weight excluding hydrogens is 166 g/mol. The van der Waals surface area contributed by atoms with Crippen molar-refractivity contribution in [2.24, 2.45) is 16.5 Å². The van der Waals surface area contributed by atoms with Gasteiger partial charge in [-0.25, -0.2) is 4.98 Å². The van der Waals surface area contributed by atoms with Gasteiger partial charge in [0.15, 0.2) is 5.96 Å². The fourth-order valence-electron chi connectivity index (χ4n) is 0.836. The highest BCUT2D eigenvalue weighted by atomic mass is 15.0. The maximum atomic E-state index is 5.16. The molecule has 1 rings (SSSR count). The molecule has 1 heterocycles. The summed E-state index contributed by atoms with van der Waals surface area (Å²) in [5, 5.41) is 3.07. The molecule has 70 valence electrons. The van der Waals surface area contributed by atoms with E-state index in [-0.39, 0.29) is 5.96 Å². The highest BCUT2D eigenvalue weighted by Gasteiger charge is 1.88. The summed E-state index contributed by atoms with van der Waals surface area (Å²) < 4.78 is 0. The first kappa shape index (κ1) is 9.31. The molecule has 0 spiro atoms. The van der Waals surface area contributed by atoms with Crippen LogP contribution in [0.4, 0.5) is 5.82 Å². The van der Waals surface area contributed by atoms with Gasteiger partial charge in [-0.15, -0.1) is 0 Å². The number of hydrogen-bond acceptors (Lipinski definition) is 3. The van der Waals surface area contributed by atoms with Gasteiger partial charge in [0.25, 0.3) is 0 Å². The predicted octanol–water partition coefficient (Wildman–Crippen LogP) is -0.233. The first-order valence-electron chi connectivity index (χ1n) is 3.99. The Kier molecular flexibility index (Phi) is 3.56. The Morgan fingerprint density at radius 1 is 1.46 bits per heavy atom. The van der Waals surface area contributed by atoms with E-state index in [4.69, 9.17) is 11.5 Å². The fourth-order valence-corrected chi connectivity index (χ4v) is 0.836. The van der Waals surface area contributed by atoms with Crippen molar-refractivity contribution in [2.75, 3.05) is 18.4 Å². The third-order valence-electron chi connectivity index (χ3n) is 1.38. The van der Waals surface area contributed by atoms with Crippen molar-refractivity contribution in [3.05, 3.63) is 24.4 Å². The molecule has 0 radical (unpaired) electrons. The number of pyridine rings is 1. The molecule has 0 aliphatic rings. The fraction of sp³-hybridized carbons (Fsp3) is 0.250. The third-order valence-corrected chi connectivity index (χ3v) is 1.38. The first-order valence-corrected chi connectivity index (χ1v) is 3.99. The number of nitrogens with zero attached hydrogens (tertiary/aromatic N) is 2. The summed E-state index contributed by atoms with van der Waals surface area (Å²) in [6.07, 6.45) is 1.73. The Morgan fingerprint density at radius 2 is 2.31 bits per heavy atom. The minimum Gasteiger partial charge on any atom is -0.370 e. The molecule has 0 saturated heterocycles. The lowest BCUT2D eigenvalue weighted by atomic mass is 10.4. The Bertz CT molecular complexity index is 265. The van der Waals surface area contributed by atoms with Crippen LogP contribution >= 0.6 is 0 Å². The molecule has 13 heavy (non-hydrogen) atoms. The number of aromatic nitrogens is 1. The van der Waals surface area contributed by atoms with Gasteiger partial charge in [0, 0.05) is 12.7 Å². The van der Waals surface area contributed by atoms with Gasteiger partial charge in [-0.2, -0.15) is 0 Å². The number of guanidine groups is 1. The van der Waals surface area contributed by atoms with Crippen LogP contribution in [0.5, 0.6) is 0 Å². The van der Waals surface area contributed by atoms with E-state index in [1.165, 1.54) is 0 Å². The molecule has 5 N–H and O–H groups in total. The summed E-state index contributed by atoms with van der Waals surface area (Å²) in [7, 11) is 0. The van der Waals surface area contributed by atoms with Crippen molar-refractivity contribution in [3.63, 3.8) is 0 Å². The Labute approximate surface area is 76.9 Å². The zero-order chi connectivity index (χ0) is 9.52. The summed E-state index contributed by atoms with van der Waals surface area (Å²) >= 11 is 0. The van der Waals surface area contributed by atoms with E-state index in [1.807, 2.05) is 18.2 Å². The molecule has 5 nitrogen and oxygen atoms in total. The van der Waals surface area contributed by atoms with Crippen molar-refractivity contribution < 1.29 is 0 Å². The van der Waals surface area contributed by atoms with Crippen molar-refractivity contribution in [3.8, 4) is 0 Å². The van der Waals surface area contributed by atoms with Gasteiger partial charge < -0.3 is 16.8 Å². The summed E-state index contributed by atoms with van der Waals surface area (Å²) in [5.74, 6) is 0.941. The molecule has 0 saturated carbocycles. The summed E-state index contributed by atoms with van der Waals surface area (Å²) in [4.78, 5) is 7.89. The van der Waals surface area contributed by atoms with E-state index >= 15 is 0 Å². The summed E-state index contributed by atoms with van der Waals surface area (Å²) in [5.41, 5.74) is 10.3. The molecule has 0 atom stereocenters. The van der Waals surface area contributed by atoms with E-state index in [0.29, 0.717) is 13.1 Å². The van der Waals surface area contributed by atoms with E-state index in [9.17, 15) is 0 Å². The van der Waals surface area contributed by atoms with Crippen LogP contribution in [0.15, 0.2) is 29.4 Å². The Balaban J connectivity index is 2.25. The lowest BCUT2D eigenvalue weighted by Crippen LogP contribution is -2.24. The molecule has 1 aromatic rings. The van der Waals surface area contributed by atoms with Crippen LogP contribution in [-0.4, -0.2) is 24.0 Å². The van der Waals surface area contributed by atoms with Crippen LogP contribution in [0.2, 0.25) is 0 Å². The van der Waals surface area contributed by atoms with Gasteiger partial charge in [0.1, 0.15) is 5.82 Å². The van der Waals surface area contributed by atoms with Crippen molar-refractivity contribution in [1.29, 1.82) is 0 Å². The molecule has 0 bridgehead atoms. The molecule has 5 heteroatoms. The van der Waals surface area contributed by atoms with Crippen LogP contribution in [-0.2, 0) is 0 Å². The Morgan fingerprint density at radius 3 is 2.92 bits per heavy atom. The highest BCUT2D eigenvalue weighted by molar-refractivity contribution is 5.75. The smallest absolute Gasteiger partial charge is 0.185 e. The lowest BCUT2D eigenvalue weighted by Gasteiger charge is -2.01. The van der Waals surface area contributed by atoms with Gasteiger partial charge in [-0.1, -0.05) is 6.07 Å². The van der Waals surface area contributed by atoms with E-state index in [2.05, 4.69) is 15.3 Å². The predicted molar refractivity (Wildman–Crippen MR) is 53.4 cm³/mol. The molecule has 0 aliphatic heterocycles. The van der Waals surface area contributed by atoms with E-state index in [1.54, 1.807) is 6.20 Å². The zero-order valence-electron chi connectivity index (χ0n) is 7.27.